The van der Waals surface area contributed by atoms with Gasteiger partial charge >= 0.3 is 12.1 Å². The van der Waals surface area contributed by atoms with Crippen LogP contribution in [0, 0.1) is 0 Å². The molecule has 0 fully saturated rings. The van der Waals surface area contributed by atoms with Crippen LogP contribution >= 0.6 is 23.2 Å². The monoisotopic (exact) mass is 473 g/mol. The van der Waals surface area contributed by atoms with E-state index in [-0.39, 0.29) is 12.3 Å². The van der Waals surface area contributed by atoms with E-state index in [1.807, 2.05) is 0 Å². The van der Waals surface area contributed by atoms with E-state index in [1.54, 1.807) is 0 Å². The number of nitrogens with zero attached hydrogens (tertiary/aromatic N) is 2. The van der Waals surface area contributed by atoms with Crippen LogP contribution in [0.4, 0.5) is 19.0 Å². The van der Waals surface area contributed by atoms with Gasteiger partial charge in [0.15, 0.2) is 15.5 Å². The lowest BCUT2D eigenvalue weighted by atomic mass is 10.2. The van der Waals surface area contributed by atoms with Crippen molar-refractivity contribution < 1.29 is 31.1 Å². The van der Waals surface area contributed by atoms with Gasteiger partial charge in [0.05, 0.1) is 27.5 Å². The number of ether oxygens (including phenoxy) is 1. The van der Waals surface area contributed by atoms with Crippen molar-refractivity contribution in [3.05, 3.63) is 33.4 Å². The standard InChI is InChI=1S/C16H16Cl2F3N3O4S/c1-4-28-15(25)11-13(29(26,27)7(2)3)14(22)24(23-11)12-9(17)5-8(6-10(12)18)16(19,20)21/h5-7H,4,22H2,1-3H3. The van der Waals surface area contributed by atoms with Crippen molar-refractivity contribution >= 4 is 44.8 Å². The molecule has 0 spiro atoms. The summed E-state index contributed by atoms with van der Waals surface area (Å²) >= 11 is 11.9. The molecule has 0 saturated heterocycles. The van der Waals surface area contributed by atoms with Crippen LogP contribution in [0.25, 0.3) is 5.69 Å². The normalized spacial score (nSPS) is 12.4. The van der Waals surface area contributed by atoms with Crippen LogP contribution in [0.5, 0.6) is 0 Å². The van der Waals surface area contributed by atoms with Crippen LogP contribution in [0.1, 0.15) is 36.8 Å². The Morgan fingerprint density at radius 2 is 1.79 bits per heavy atom. The van der Waals surface area contributed by atoms with Gasteiger partial charge in [-0.15, -0.1) is 0 Å². The zero-order valence-electron chi connectivity index (χ0n) is 15.3. The molecular weight excluding hydrogens is 458 g/mol. The molecule has 7 nitrogen and oxygen atoms in total. The molecule has 1 heterocycles. The largest absolute Gasteiger partial charge is 0.461 e. The van der Waals surface area contributed by atoms with Gasteiger partial charge in [-0.25, -0.2) is 17.9 Å². The van der Waals surface area contributed by atoms with Gasteiger partial charge in [-0.05, 0) is 32.9 Å². The fraction of sp³-hybridized carbons (Fsp3) is 0.375. The second-order valence-electron chi connectivity index (χ2n) is 6.08. The Hall–Kier alpha value is -1.98. The number of carbonyl (C=O) groups excluding carboxylic acids is 1. The molecule has 0 aliphatic carbocycles. The lowest BCUT2D eigenvalue weighted by molar-refractivity contribution is -0.137. The number of hydrogen-bond donors (Lipinski definition) is 1. The first-order valence-corrected chi connectivity index (χ1v) is 10.4. The van der Waals surface area contributed by atoms with Crippen molar-refractivity contribution in [1.82, 2.24) is 9.78 Å². The molecule has 0 aliphatic heterocycles. The van der Waals surface area contributed by atoms with Gasteiger partial charge in [0.25, 0.3) is 0 Å². The first-order valence-electron chi connectivity index (χ1n) is 8.09. The Bertz CT molecular complexity index is 1040. The summed E-state index contributed by atoms with van der Waals surface area (Å²) in [5.41, 5.74) is 3.88. The van der Waals surface area contributed by atoms with Crippen molar-refractivity contribution in [2.24, 2.45) is 0 Å². The minimum absolute atomic E-state index is 0.0748. The number of anilines is 1. The molecule has 0 atom stereocenters. The zero-order valence-corrected chi connectivity index (χ0v) is 17.7. The third-order valence-electron chi connectivity index (χ3n) is 3.81. The number of nitrogen functional groups attached to an aromatic ring is 1. The average Bonchev–Trinajstić information content (AvgIpc) is 2.91. The molecular formula is C16H16Cl2F3N3O4S. The van der Waals surface area contributed by atoms with Crippen molar-refractivity contribution in [3.63, 3.8) is 0 Å². The number of halogens is 5. The van der Waals surface area contributed by atoms with Crippen molar-refractivity contribution in [2.75, 3.05) is 12.3 Å². The molecule has 0 amide bonds. The predicted octanol–water partition coefficient (Wildman–Crippen LogP) is 4.14. The summed E-state index contributed by atoms with van der Waals surface area (Å²) in [6, 6.07) is 1.18. The maximum Gasteiger partial charge on any atom is 0.416 e. The summed E-state index contributed by atoms with van der Waals surface area (Å²) < 4.78 is 69.9. The lowest BCUT2D eigenvalue weighted by Gasteiger charge is -2.13. The third-order valence-corrected chi connectivity index (χ3v) is 6.59. The summed E-state index contributed by atoms with van der Waals surface area (Å²) in [6.45, 7) is 4.14. The highest BCUT2D eigenvalue weighted by Crippen LogP contribution is 2.39. The summed E-state index contributed by atoms with van der Waals surface area (Å²) in [5.74, 6) is -1.61. The molecule has 0 radical (unpaired) electrons. The molecule has 2 aromatic rings. The molecule has 2 N–H and O–H groups in total. The van der Waals surface area contributed by atoms with Crippen LogP contribution < -0.4 is 5.73 Å². The molecule has 0 bridgehead atoms. The van der Waals surface area contributed by atoms with Crippen LogP contribution in [-0.4, -0.2) is 36.0 Å². The molecule has 160 valence electrons. The number of alkyl halides is 3. The predicted molar refractivity (Wildman–Crippen MR) is 101 cm³/mol. The number of hydrogen-bond acceptors (Lipinski definition) is 6. The van der Waals surface area contributed by atoms with Crippen LogP contribution in [-0.2, 0) is 20.8 Å². The van der Waals surface area contributed by atoms with E-state index >= 15 is 0 Å². The average molecular weight is 474 g/mol. The number of esters is 1. The van der Waals surface area contributed by atoms with E-state index in [9.17, 15) is 26.4 Å². The number of sulfone groups is 1. The van der Waals surface area contributed by atoms with E-state index in [2.05, 4.69) is 5.10 Å². The van der Waals surface area contributed by atoms with Crippen molar-refractivity contribution in [1.29, 1.82) is 0 Å². The molecule has 1 aromatic heterocycles. The minimum atomic E-state index is -4.72. The molecule has 29 heavy (non-hydrogen) atoms. The quantitative estimate of drug-likeness (QED) is 0.654. The summed E-state index contributed by atoms with van der Waals surface area (Å²) in [6.07, 6.45) is -4.72. The molecule has 13 heteroatoms. The smallest absolute Gasteiger partial charge is 0.416 e. The highest BCUT2D eigenvalue weighted by Gasteiger charge is 2.36. The molecule has 0 saturated carbocycles. The van der Waals surface area contributed by atoms with E-state index in [1.165, 1.54) is 20.8 Å². The topological polar surface area (TPSA) is 104 Å². The molecule has 2 rings (SSSR count). The maximum absolute atomic E-state index is 13.0. The van der Waals surface area contributed by atoms with Crippen LogP contribution in [0.15, 0.2) is 17.0 Å². The summed E-state index contributed by atoms with van der Waals surface area (Å²) in [7, 11) is -4.12. The first-order chi connectivity index (χ1) is 13.2. The van der Waals surface area contributed by atoms with E-state index in [0.29, 0.717) is 16.8 Å². The number of rotatable bonds is 5. The van der Waals surface area contributed by atoms with E-state index in [0.717, 1.165) is 0 Å². The molecule has 0 aliphatic rings. The Kier molecular flexibility index (Phi) is 6.46. The van der Waals surface area contributed by atoms with Gasteiger partial charge in [-0.3, -0.25) is 0 Å². The van der Waals surface area contributed by atoms with Gasteiger partial charge in [0.1, 0.15) is 16.4 Å². The molecule has 0 unspecified atom stereocenters. The Labute approximate surface area is 174 Å². The lowest BCUT2D eigenvalue weighted by Crippen LogP contribution is -2.19. The van der Waals surface area contributed by atoms with E-state index < -0.39 is 59.2 Å². The Balaban J connectivity index is 2.84. The van der Waals surface area contributed by atoms with Crippen LogP contribution in [0.2, 0.25) is 10.0 Å². The van der Waals surface area contributed by atoms with Crippen LogP contribution in [0.3, 0.4) is 0 Å². The Morgan fingerprint density at radius 3 is 2.21 bits per heavy atom. The molecule has 1 aromatic carbocycles. The third kappa shape index (κ3) is 4.31. The Morgan fingerprint density at radius 1 is 1.28 bits per heavy atom. The zero-order chi connectivity index (χ0) is 22.3. The maximum atomic E-state index is 13.0. The van der Waals surface area contributed by atoms with Gasteiger partial charge in [-0.1, -0.05) is 23.2 Å². The minimum Gasteiger partial charge on any atom is -0.461 e. The number of benzene rings is 1. The van der Waals surface area contributed by atoms with Crippen molar-refractivity contribution in [2.45, 2.75) is 37.1 Å². The second kappa shape index (κ2) is 8.04. The number of carbonyl (C=O) groups is 1. The highest BCUT2D eigenvalue weighted by molar-refractivity contribution is 7.92. The first kappa shape index (κ1) is 23.3. The van der Waals surface area contributed by atoms with E-state index in [4.69, 9.17) is 33.7 Å². The van der Waals surface area contributed by atoms with Gasteiger partial charge in [0.2, 0.25) is 0 Å². The second-order valence-corrected chi connectivity index (χ2v) is 9.33. The number of aromatic nitrogens is 2. The fourth-order valence-electron chi connectivity index (χ4n) is 2.37. The summed E-state index contributed by atoms with van der Waals surface area (Å²) in [5, 5.41) is 1.88. The van der Waals surface area contributed by atoms with Gasteiger partial charge in [0, 0.05) is 0 Å². The number of nitrogens with two attached hydrogens (primary N) is 1. The van der Waals surface area contributed by atoms with Gasteiger partial charge in [-0.2, -0.15) is 18.3 Å². The fourth-order valence-corrected chi connectivity index (χ4v) is 4.26. The summed E-state index contributed by atoms with van der Waals surface area (Å²) in [4.78, 5) is 11.6. The van der Waals surface area contributed by atoms with Gasteiger partial charge < -0.3 is 10.5 Å². The SMILES string of the molecule is CCOC(=O)c1nn(-c2c(Cl)cc(C(F)(F)F)cc2Cl)c(N)c1S(=O)(=O)C(C)C. The highest BCUT2D eigenvalue weighted by atomic mass is 35.5. The van der Waals surface area contributed by atoms with Crippen molar-refractivity contribution in [3.8, 4) is 5.69 Å².